The molecule has 0 spiro atoms. The van der Waals surface area contributed by atoms with Crippen molar-refractivity contribution < 1.29 is 9.47 Å². The van der Waals surface area contributed by atoms with E-state index < -0.39 is 0 Å². The summed E-state index contributed by atoms with van der Waals surface area (Å²) >= 11 is 0. The lowest BCUT2D eigenvalue weighted by molar-refractivity contribution is -0.141. The predicted molar refractivity (Wildman–Crippen MR) is 60.6 cm³/mol. The summed E-state index contributed by atoms with van der Waals surface area (Å²) < 4.78 is 11.6. The van der Waals surface area contributed by atoms with Crippen molar-refractivity contribution in [1.29, 1.82) is 0 Å². The van der Waals surface area contributed by atoms with Crippen molar-refractivity contribution in [2.24, 2.45) is 17.3 Å². The summed E-state index contributed by atoms with van der Waals surface area (Å²) in [6.07, 6.45) is 4.15. The van der Waals surface area contributed by atoms with Gasteiger partial charge in [0.1, 0.15) is 0 Å². The van der Waals surface area contributed by atoms with Crippen LogP contribution in [0.2, 0.25) is 0 Å². The first-order valence-corrected chi connectivity index (χ1v) is 6.29. The molecule has 1 aliphatic carbocycles. The van der Waals surface area contributed by atoms with Gasteiger partial charge in [-0.1, -0.05) is 20.8 Å². The first-order valence-electron chi connectivity index (χ1n) is 6.29. The second kappa shape index (κ2) is 4.06. The first-order chi connectivity index (χ1) is 7.02. The van der Waals surface area contributed by atoms with Gasteiger partial charge in [0.2, 0.25) is 0 Å². The molecule has 0 aromatic rings. The fraction of sp³-hybridized carbons (Fsp3) is 1.00. The van der Waals surface area contributed by atoms with Crippen LogP contribution in [0.3, 0.4) is 0 Å². The van der Waals surface area contributed by atoms with E-state index in [4.69, 9.17) is 9.47 Å². The van der Waals surface area contributed by atoms with Gasteiger partial charge in [0.25, 0.3) is 0 Å². The molecule has 88 valence electrons. The molecule has 2 heteroatoms. The average Bonchev–Trinajstić information content (AvgIpc) is 2.46. The maximum absolute atomic E-state index is 5.99. The highest BCUT2D eigenvalue weighted by Crippen LogP contribution is 2.48. The molecule has 0 aromatic heterocycles. The van der Waals surface area contributed by atoms with Gasteiger partial charge in [0, 0.05) is 13.0 Å². The summed E-state index contributed by atoms with van der Waals surface area (Å²) in [4.78, 5) is 0. The quantitative estimate of drug-likeness (QED) is 0.699. The van der Waals surface area contributed by atoms with Crippen molar-refractivity contribution in [1.82, 2.24) is 0 Å². The molecule has 0 amide bonds. The summed E-state index contributed by atoms with van der Waals surface area (Å²) in [6.45, 7) is 9.89. The molecule has 2 nitrogen and oxygen atoms in total. The van der Waals surface area contributed by atoms with Gasteiger partial charge in [-0.3, -0.25) is 0 Å². The molecular weight excluding hydrogens is 188 g/mol. The molecule has 0 N–H and O–H groups in total. The molecule has 4 atom stereocenters. The fourth-order valence-electron chi connectivity index (χ4n) is 3.47. The molecule has 2 aliphatic rings. The van der Waals surface area contributed by atoms with Gasteiger partial charge in [-0.05, 0) is 37.0 Å². The minimum Gasteiger partial charge on any atom is -0.353 e. The second-order valence-corrected chi connectivity index (χ2v) is 6.01. The van der Waals surface area contributed by atoms with Crippen LogP contribution in [0.4, 0.5) is 0 Å². The molecule has 0 radical (unpaired) electrons. The summed E-state index contributed by atoms with van der Waals surface area (Å²) in [7, 11) is 0. The maximum atomic E-state index is 5.99. The van der Waals surface area contributed by atoms with Crippen molar-refractivity contribution in [2.75, 3.05) is 6.61 Å². The van der Waals surface area contributed by atoms with Crippen LogP contribution < -0.4 is 0 Å². The van der Waals surface area contributed by atoms with Gasteiger partial charge < -0.3 is 9.47 Å². The van der Waals surface area contributed by atoms with Crippen molar-refractivity contribution in [3.05, 3.63) is 0 Å². The molecule has 0 bridgehead atoms. The smallest absolute Gasteiger partial charge is 0.158 e. The number of fused-ring (bicyclic) bond motifs is 1. The molecule has 2 fully saturated rings. The third kappa shape index (κ3) is 2.36. The molecule has 2 rings (SSSR count). The zero-order chi connectivity index (χ0) is 11.1. The minimum absolute atomic E-state index is 0.0707. The Bertz CT molecular complexity index is 225. The van der Waals surface area contributed by atoms with E-state index in [1.165, 1.54) is 12.8 Å². The van der Waals surface area contributed by atoms with E-state index in [1.807, 2.05) is 6.92 Å². The Hall–Kier alpha value is -0.0800. The number of rotatable bonds is 2. The predicted octanol–water partition coefficient (Wildman–Crippen LogP) is 3.21. The first kappa shape index (κ1) is 11.4. The largest absolute Gasteiger partial charge is 0.353 e. The Labute approximate surface area is 93.3 Å². The maximum Gasteiger partial charge on any atom is 0.158 e. The zero-order valence-electron chi connectivity index (χ0n) is 10.5. The molecular formula is C13H24O2. The van der Waals surface area contributed by atoms with Crippen LogP contribution in [0.15, 0.2) is 0 Å². The van der Waals surface area contributed by atoms with Gasteiger partial charge >= 0.3 is 0 Å². The Kier molecular flexibility index (Phi) is 3.09. The SMILES string of the molecule is CCO[C@@H]1C[C@@H]2[C@H](C)CC(C)(C)C[C@@H]2O1. The highest BCUT2D eigenvalue weighted by molar-refractivity contribution is 4.93. The van der Waals surface area contributed by atoms with Gasteiger partial charge in [-0.15, -0.1) is 0 Å². The Morgan fingerprint density at radius 1 is 1.33 bits per heavy atom. The van der Waals surface area contributed by atoms with Crippen LogP contribution in [0.25, 0.3) is 0 Å². The number of hydrogen-bond donors (Lipinski definition) is 0. The molecule has 15 heavy (non-hydrogen) atoms. The van der Waals surface area contributed by atoms with E-state index in [1.54, 1.807) is 0 Å². The zero-order valence-corrected chi connectivity index (χ0v) is 10.5. The molecule has 0 aromatic carbocycles. The standard InChI is InChI=1S/C13H24O2/c1-5-14-12-6-10-9(2)7-13(3,4)8-11(10)15-12/h9-12H,5-8H2,1-4H3/t9-,10-,11+,12+/m1/s1. The van der Waals surface area contributed by atoms with E-state index in [-0.39, 0.29) is 6.29 Å². The lowest BCUT2D eigenvalue weighted by atomic mass is 9.66. The summed E-state index contributed by atoms with van der Waals surface area (Å²) in [5.41, 5.74) is 0.446. The van der Waals surface area contributed by atoms with Crippen LogP contribution in [-0.4, -0.2) is 19.0 Å². The third-order valence-electron chi connectivity index (χ3n) is 3.98. The summed E-state index contributed by atoms with van der Waals surface area (Å²) in [5.74, 6) is 1.51. The van der Waals surface area contributed by atoms with E-state index in [0.29, 0.717) is 11.5 Å². The van der Waals surface area contributed by atoms with Gasteiger partial charge in [0.15, 0.2) is 6.29 Å². The normalized spacial score (nSPS) is 44.0. The van der Waals surface area contributed by atoms with Crippen LogP contribution in [0, 0.1) is 17.3 Å². The van der Waals surface area contributed by atoms with E-state index >= 15 is 0 Å². The topological polar surface area (TPSA) is 18.5 Å². The van der Waals surface area contributed by atoms with Crippen molar-refractivity contribution in [3.8, 4) is 0 Å². The van der Waals surface area contributed by atoms with E-state index in [0.717, 1.165) is 24.9 Å². The number of hydrogen-bond acceptors (Lipinski definition) is 2. The van der Waals surface area contributed by atoms with E-state index in [9.17, 15) is 0 Å². The highest BCUT2D eigenvalue weighted by Gasteiger charge is 2.46. The molecule has 1 saturated heterocycles. The Morgan fingerprint density at radius 3 is 2.73 bits per heavy atom. The Morgan fingerprint density at radius 2 is 2.07 bits per heavy atom. The summed E-state index contributed by atoms with van der Waals surface area (Å²) in [5, 5.41) is 0. The molecule has 1 heterocycles. The van der Waals surface area contributed by atoms with Crippen LogP contribution >= 0.6 is 0 Å². The van der Waals surface area contributed by atoms with Gasteiger partial charge in [-0.25, -0.2) is 0 Å². The molecule has 1 aliphatic heterocycles. The molecule has 0 unspecified atom stereocenters. The van der Waals surface area contributed by atoms with Crippen molar-refractivity contribution in [2.45, 2.75) is 59.4 Å². The van der Waals surface area contributed by atoms with Gasteiger partial charge in [-0.2, -0.15) is 0 Å². The minimum atomic E-state index is 0.0707. The Balaban J connectivity index is 2.00. The van der Waals surface area contributed by atoms with Crippen LogP contribution in [0.5, 0.6) is 0 Å². The highest BCUT2D eigenvalue weighted by atomic mass is 16.7. The fourth-order valence-corrected chi connectivity index (χ4v) is 3.47. The van der Waals surface area contributed by atoms with Crippen molar-refractivity contribution in [3.63, 3.8) is 0 Å². The van der Waals surface area contributed by atoms with Crippen LogP contribution in [0.1, 0.15) is 47.0 Å². The van der Waals surface area contributed by atoms with Crippen LogP contribution in [-0.2, 0) is 9.47 Å². The lowest BCUT2D eigenvalue weighted by Gasteiger charge is -2.40. The van der Waals surface area contributed by atoms with Gasteiger partial charge in [0.05, 0.1) is 6.10 Å². The number of ether oxygens (including phenoxy) is 2. The third-order valence-corrected chi connectivity index (χ3v) is 3.98. The average molecular weight is 212 g/mol. The second-order valence-electron chi connectivity index (χ2n) is 6.01. The van der Waals surface area contributed by atoms with E-state index in [2.05, 4.69) is 20.8 Å². The summed E-state index contributed by atoms with van der Waals surface area (Å²) in [6, 6.07) is 0. The lowest BCUT2D eigenvalue weighted by Crippen LogP contribution is -2.36. The molecule has 1 saturated carbocycles. The van der Waals surface area contributed by atoms with Crippen molar-refractivity contribution >= 4 is 0 Å². The monoisotopic (exact) mass is 212 g/mol.